The molecule has 0 unspecified atom stereocenters. The van der Waals surface area contributed by atoms with Crippen LogP contribution in [-0.2, 0) is 9.53 Å². The summed E-state index contributed by atoms with van der Waals surface area (Å²) in [7, 11) is 1.93. The Balaban J connectivity index is 2.40. The van der Waals surface area contributed by atoms with Gasteiger partial charge in [-0.25, -0.2) is 4.79 Å². The van der Waals surface area contributed by atoms with Crippen LogP contribution in [0.25, 0.3) is 0 Å². The molecule has 0 heterocycles. The first-order chi connectivity index (χ1) is 8.00. The molecule has 3 nitrogen and oxygen atoms in total. The third-order valence-electron chi connectivity index (χ3n) is 2.28. The second kappa shape index (κ2) is 6.30. The third kappa shape index (κ3) is 4.49. The van der Waals surface area contributed by atoms with Crippen molar-refractivity contribution in [3.05, 3.63) is 41.4 Å². The van der Waals surface area contributed by atoms with Gasteiger partial charge in [0, 0.05) is 23.3 Å². The van der Waals surface area contributed by atoms with Crippen molar-refractivity contribution in [3.63, 3.8) is 0 Å². The van der Waals surface area contributed by atoms with Crippen LogP contribution in [0.15, 0.2) is 36.4 Å². The van der Waals surface area contributed by atoms with E-state index in [-0.39, 0.29) is 5.97 Å². The van der Waals surface area contributed by atoms with Gasteiger partial charge < -0.3 is 9.64 Å². The number of nitrogens with zero attached hydrogens (tertiary/aromatic N) is 1. The highest BCUT2D eigenvalue weighted by Gasteiger charge is 2.04. The van der Waals surface area contributed by atoms with Crippen LogP contribution < -0.4 is 4.90 Å². The minimum absolute atomic E-state index is 0.338. The molecule has 0 fully saturated rings. The summed E-state index contributed by atoms with van der Waals surface area (Å²) in [6.45, 7) is 6.11. The first-order valence-electron chi connectivity index (χ1n) is 5.30. The molecule has 4 heteroatoms. The lowest BCUT2D eigenvalue weighted by molar-refractivity contribution is -0.138. The maximum atomic E-state index is 11.1. The molecule has 0 saturated carbocycles. The van der Waals surface area contributed by atoms with E-state index in [0.717, 1.165) is 5.69 Å². The lowest BCUT2D eigenvalue weighted by Gasteiger charge is -2.19. The summed E-state index contributed by atoms with van der Waals surface area (Å²) in [5, 5.41) is 0.704. The molecule has 1 aromatic rings. The molecule has 92 valence electrons. The molecular formula is C13H16ClNO2. The van der Waals surface area contributed by atoms with Gasteiger partial charge in [0.2, 0.25) is 0 Å². The van der Waals surface area contributed by atoms with Gasteiger partial charge in [0.05, 0.1) is 6.54 Å². The summed E-state index contributed by atoms with van der Waals surface area (Å²) in [4.78, 5) is 13.1. The molecule has 0 aliphatic rings. The Morgan fingerprint density at radius 3 is 2.53 bits per heavy atom. The highest BCUT2D eigenvalue weighted by molar-refractivity contribution is 6.30. The quantitative estimate of drug-likeness (QED) is 0.597. The van der Waals surface area contributed by atoms with Crippen LogP contribution in [0, 0.1) is 0 Å². The zero-order valence-corrected chi connectivity index (χ0v) is 10.8. The summed E-state index contributed by atoms with van der Waals surface area (Å²) in [6.07, 6.45) is 0. The molecule has 0 aliphatic carbocycles. The summed E-state index contributed by atoms with van der Waals surface area (Å²) >= 11 is 5.80. The van der Waals surface area contributed by atoms with Gasteiger partial charge in [0.25, 0.3) is 0 Å². The van der Waals surface area contributed by atoms with Gasteiger partial charge in [-0.1, -0.05) is 18.2 Å². The maximum Gasteiger partial charge on any atom is 0.333 e. The van der Waals surface area contributed by atoms with Gasteiger partial charge in [-0.05, 0) is 31.2 Å². The maximum absolute atomic E-state index is 11.1. The van der Waals surface area contributed by atoms with E-state index in [1.165, 1.54) is 0 Å². The van der Waals surface area contributed by atoms with E-state index in [1.807, 2.05) is 36.2 Å². The highest BCUT2D eigenvalue weighted by atomic mass is 35.5. The van der Waals surface area contributed by atoms with Crippen molar-refractivity contribution in [2.45, 2.75) is 6.92 Å². The topological polar surface area (TPSA) is 29.5 Å². The number of halogens is 1. The van der Waals surface area contributed by atoms with Gasteiger partial charge in [0.15, 0.2) is 0 Å². The van der Waals surface area contributed by atoms with Gasteiger partial charge in [-0.2, -0.15) is 0 Å². The van der Waals surface area contributed by atoms with E-state index in [0.29, 0.717) is 23.7 Å². The number of carbonyl (C=O) groups is 1. The zero-order valence-electron chi connectivity index (χ0n) is 10.1. The number of rotatable bonds is 5. The summed E-state index contributed by atoms with van der Waals surface area (Å²) < 4.78 is 5.01. The van der Waals surface area contributed by atoms with Crippen LogP contribution in [0.3, 0.4) is 0 Å². The minimum Gasteiger partial charge on any atom is -0.460 e. The van der Waals surface area contributed by atoms with Crippen molar-refractivity contribution in [2.75, 3.05) is 25.1 Å². The lowest BCUT2D eigenvalue weighted by Crippen LogP contribution is -2.23. The fourth-order valence-electron chi connectivity index (χ4n) is 1.22. The number of hydrogen-bond acceptors (Lipinski definition) is 3. The molecule has 0 aromatic heterocycles. The second-order valence-corrected chi connectivity index (χ2v) is 4.25. The van der Waals surface area contributed by atoms with Crippen LogP contribution in [0.1, 0.15) is 6.92 Å². The van der Waals surface area contributed by atoms with Crippen molar-refractivity contribution in [2.24, 2.45) is 0 Å². The Labute approximate surface area is 107 Å². The fourth-order valence-corrected chi connectivity index (χ4v) is 1.35. The Bertz CT molecular complexity index is 400. The molecule has 1 aromatic carbocycles. The van der Waals surface area contributed by atoms with Crippen molar-refractivity contribution in [1.29, 1.82) is 0 Å². The average molecular weight is 254 g/mol. The zero-order chi connectivity index (χ0) is 12.8. The van der Waals surface area contributed by atoms with E-state index in [2.05, 4.69) is 6.58 Å². The van der Waals surface area contributed by atoms with Crippen LogP contribution in [-0.4, -0.2) is 26.2 Å². The minimum atomic E-state index is -0.352. The van der Waals surface area contributed by atoms with Gasteiger partial charge in [0.1, 0.15) is 6.61 Å². The number of esters is 1. The summed E-state index contributed by atoms with van der Waals surface area (Å²) in [5.74, 6) is -0.352. The van der Waals surface area contributed by atoms with Gasteiger partial charge in [-0.15, -0.1) is 0 Å². The predicted molar refractivity (Wildman–Crippen MR) is 70.5 cm³/mol. The van der Waals surface area contributed by atoms with Crippen LogP contribution in [0.5, 0.6) is 0 Å². The molecule has 0 radical (unpaired) electrons. The van der Waals surface area contributed by atoms with Gasteiger partial charge in [-0.3, -0.25) is 0 Å². The first-order valence-corrected chi connectivity index (χ1v) is 5.68. The Morgan fingerprint density at radius 2 is 2.00 bits per heavy atom. The number of benzene rings is 1. The molecule has 0 saturated heterocycles. The molecule has 17 heavy (non-hydrogen) atoms. The Kier molecular flexibility index (Phi) is 5.04. The molecule has 1 rings (SSSR count). The lowest BCUT2D eigenvalue weighted by atomic mass is 10.3. The Morgan fingerprint density at radius 1 is 1.41 bits per heavy atom. The van der Waals surface area contributed by atoms with Crippen molar-refractivity contribution in [3.8, 4) is 0 Å². The third-order valence-corrected chi connectivity index (χ3v) is 2.53. The molecule has 0 aliphatic heterocycles. The normalized spacial score (nSPS) is 9.82. The summed E-state index contributed by atoms with van der Waals surface area (Å²) in [5.41, 5.74) is 1.44. The van der Waals surface area contributed by atoms with E-state index >= 15 is 0 Å². The van der Waals surface area contributed by atoms with E-state index in [1.54, 1.807) is 6.92 Å². The Hall–Kier alpha value is -1.48. The standard InChI is InChI=1S/C13H16ClNO2/c1-10(2)13(16)17-9-8-15(3)12-6-4-11(14)5-7-12/h4-7H,1,8-9H2,2-3H3. The highest BCUT2D eigenvalue weighted by Crippen LogP contribution is 2.16. The molecule has 0 N–H and O–H groups in total. The van der Waals surface area contributed by atoms with Crippen molar-refractivity contribution < 1.29 is 9.53 Å². The number of likely N-dealkylation sites (N-methyl/N-ethyl adjacent to an activating group) is 1. The van der Waals surface area contributed by atoms with E-state index < -0.39 is 0 Å². The number of hydrogen-bond donors (Lipinski definition) is 0. The average Bonchev–Trinajstić information content (AvgIpc) is 2.29. The van der Waals surface area contributed by atoms with Crippen molar-refractivity contribution >= 4 is 23.3 Å². The summed E-state index contributed by atoms with van der Waals surface area (Å²) in [6, 6.07) is 7.49. The van der Waals surface area contributed by atoms with E-state index in [9.17, 15) is 4.79 Å². The number of anilines is 1. The molecule has 0 bridgehead atoms. The molecule has 0 atom stereocenters. The second-order valence-electron chi connectivity index (χ2n) is 3.81. The van der Waals surface area contributed by atoms with Crippen LogP contribution in [0.4, 0.5) is 5.69 Å². The molecule has 0 amide bonds. The van der Waals surface area contributed by atoms with Crippen molar-refractivity contribution in [1.82, 2.24) is 0 Å². The number of ether oxygens (including phenoxy) is 1. The smallest absolute Gasteiger partial charge is 0.333 e. The SMILES string of the molecule is C=C(C)C(=O)OCCN(C)c1ccc(Cl)cc1. The largest absolute Gasteiger partial charge is 0.460 e. The first kappa shape index (κ1) is 13.6. The predicted octanol–water partition coefficient (Wildman–Crippen LogP) is 2.90. The van der Waals surface area contributed by atoms with E-state index in [4.69, 9.17) is 16.3 Å². The van der Waals surface area contributed by atoms with Crippen LogP contribution >= 0.6 is 11.6 Å². The monoisotopic (exact) mass is 253 g/mol. The van der Waals surface area contributed by atoms with Crippen LogP contribution in [0.2, 0.25) is 5.02 Å². The fraction of sp³-hybridized carbons (Fsp3) is 0.308. The molecule has 0 spiro atoms. The number of carbonyl (C=O) groups excluding carboxylic acids is 1. The van der Waals surface area contributed by atoms with Gasteiger partial charge >= 0.3 is 5.97 Å². The molecular weight excluding hydrogens is 238 g/mol.